The number of carbonyl (C=O) groups excluding carboxylic acids is 1. The molecule has 0 aliphatic carbocycles. The van der Waals surface area contributed by atoms with Crippen LogP contribution < -0.4 is 9.80 Å². The van der Waals surface area contributed by atoms with Crippen molar-refractivity contribution in [2.24, 2.45) is 0 Å². The molecule has 0 radical (unpaired) electrons. The number of nitrogens with zero attached hydrogens (tertiary/aromatic N) is 3. The summed E-state index contributed by atoms with van der Waals surface area (Å²) in [5.74, 6) is 0.359. The third-order valence-electron chi connectivity index (χ3n) is 7.19. The van der Waals surface area contributed by atoms with Crippen molar-refractivity contribution in [3.63, 3.8) is 0 Å². The van der Waals surface area contributed by atoms with Gasteiger partial charge < -0.3 is 14.7 Å². The molecular weight excluding hydrogens is 377 g/mol. The van der Waals surface area contributed by atoms with Crippen molar-refractivity contribution in [3.8, 4) is 0 Å². The van der Waals surface area contributed by atoms with Gasteiger partial charge in [-0.3, -0.25) is 4.79 Å². The van der Waals surface area contributed by atoms with Gasteiger partial charge in [0.25, 0.3) is 0 Å². The maximum atomic E-state index is 13.1. The Labute approximate surface area is 178 Å². The summed E-state index contributed by atoms with van der Waals surface area (Å²) in [6.45, 7) is 6.54. The van der Waals surface area contributed by atoms with E-state index in [0.717, 1.165) is 32.6 Å². The molecule has 2 aromatic rings. The Balaban J connectivity index is 1.24. The molecule has 158 valence electrons. The Bertz CT molecular complexity index is 944. The Kier molecular flexibility index (Phi) is 5.02. The van der Waals surface area contributed by atoms with Gasteiger partial charge in [-0.1, -0.05) is 12.1 Å². The van der Waals surface area contributed by atoms with Gasteiger partial charge in [-0.15, -0.1) is 0 Å². The van der Waals surface area contributed by atoms with Crippen LogP contribution in [0.1, 0.15) is 48.0 Å². The van der Waals surface area contributed by atoms with Gasteiger partial charge in [-0.25, -0.2) is 4.39 Å². The molecule has 0 saturated carbocycles. The molecule has 0 spiro atoms. The Morgan fingerprint density at radius 1 is 1.13 bits per heavy atom. The zero-order chi connectivity index (χ0) is 20.8. The number of likely N-dealkylation sites (N-methyl/N-ethyl adjacent to an activating group) is 1. The number of piperidine rings is 1. The molecule has 0 bridgehead atoms. The fraction of sp³-hybridized carbons (Fsp3) is 0.480. The highest BCUT2D eigenvalue weighted by molar-refractivity contribution is 5.95. The maximum absolute atomic E-state index is 13.1. The number of carbonyl (C=O) groups is 1. The number of benzene rings is 2. The van der Waals surface area contributed by atoms with Crippen LogP contribution in [0.25, 0.3) is 0 Å². The zero-order valence-corrected chi connectivity index (χ0v) is 17.9. The molecule has 0 aromatic heterocycles. The largest absolute Gasteiger partial charge is 0.371 e. The van der Waals surface area contributed by atoms with Crippen LogP contribution in [0, 0.1) is 5.82 Å². The van der Waals surface area contributed by atoms with Crippen molar-refractivity contribution in [1.29, 1.82) is 0 Å². The minimum Gasteiger partial charge on any atom is -0.371 e. The van der Waals surface area contributed by atoms with Crippen LogP contribution >= 0.6 is 0 Å². The first-order valence-corrected chi connectivity index (χ1v) is 11.2. The van der Waals surface area contributed by atoms with E-state index in [0.29, 0.717) is 30.0 Å². The smallest absolute Gasteiger partial charge is 0.162 e. The minimum absolute atomic E-state index is 0.106. The maximum Gasteiger partial charge on any atom is 0.162 e. The summed E-state index contributed by atoms with van der Waals surface area (Å²) in [5.41, 5.74) is 4.95. The molecule has 5 heteroatoms. The third-order valence-corrected chi connectivity index (χ3v) is 7.19. The lowest BCUT2D eigenvalue weighted by Gasteiger charge is -2.45. The number of fused-ring (bicyclic) bond motifs is 3. The van der Waals surface area contributed by atoms with Crippen LogP contribution in [0.5, 0.6) is 0 Å². The van der Waals surface area contributed by atoms with Crippen molar-refractivity contribution in [2.45, 2.75) is 44.2 Å². The van der Waals surface area contributed by atoms with Crippen LogP contribution in [0.4, 0.5) is 15.8 Å². The van der Waals surface area contributed by atoms with Crippen molar-refractivity contribution in [2.75, 3.05) is 43.0 Å². The first-order valence-electron chi connectivity index (χ1n) is 11.2. The van der Waals surface area contributed by atoms with Gasteiger partial charge in [-0.2, -0.15) is 0 Å². The zero-order valence-electron chi connectivity index (χ0n) is 17.9. The molecule has 0 N–H and O–H groups in total. The van der Waals surface area contributed by atoms with E-state index in [2.05, 4.69) is 46.9 Å². The van der Waals surface area contributed by atoms with Crippen LogP contribution in [-0.4, -0.2) is 56.0 Å². The van der Waals surface area contributed by atoms with Crippen molar-refractivity contribution >= 4 is 17.2 Å². The highest BCUT2D eigenvalue weighted by Gasteiger charge is 2.46. The molecule has 30 heavy (non-hydrogen) atoms. The summed E-state index contributed by atoms with van der Waals surface area (Å²) in [6, 6.07) is 13.8. The lowest BCUT2D eigenvalue weighted by molar-refractivity contribution is 0.0971. The van der Waals surface area contributed by atoms with Gasteiger partial charge in [0, 0.05) is 56.7 Å². The number of likely N-dealkylation sites (tertiary alicyclic amines) is 1. The van der Waals surface area contributed by atoms with E-state index in [4.69, 9.17) is 0 Å². The first kappa shape index (κ1) is 19.6. The molecule has 4 nitrogen and oxygen atoms in total. The molecular formula is C25H30FN3O. The second kappa shape index (κ2) is 7.69. The summed E-state index contributed by atoms with van der Waals surface area (Å²) in [6.07, 6.45) is 2.55. The number of Topliss-reactive ketones (excluding diaryl/α,β-unsaturated/α-hetero) is 1. The van der Waals surface area contributed by atoms with Crippen LogP contribution in [0.2, 0.25) is 0 Å². The number of anilines is 2. The fourth-order valence-corrected chi connectivity index (χ4v) is 5.83. The molecule has 3 aliphatic rings. The number of ketones is 1. The monoisotopic (exact) mass is 407 g/mol. The van der Waals surface area contributed by atoms with Crippen molar-refractivity contribution in [1.82, 2.24) is 4.90 Å². The lowest BCUT2D eigenvalue weighted by atomic mass is 9.88. The van der Waals surface area contributed by atoms with Crippen molar-refractivity contribution in [3.05, 3.63) is 59.4 Å². The summed E-state index contributed by atoms with van der Waals surface area (Å²) >= 11 is 0. The normalized spacial score (nSPS) is 25.2. The van der Waals surface area contributed by atoms with E-state index in [9.17, 15) is 9.18 Å². The molecule has 3 unspecified atom stereocenters. The predicted octanol–water partition coefficient (Wildman–Crippen LogP) is 4.31. The quantitative estimate of drug-likeness (QED) is 0.691. The van der Waals surface area contributed by atoms with Crippen LogP contribution in [0.3, 0.4) is 0 Å². The van der Waals surface area contributed by atoms with Gasteiger partial charge in [0.05, 0.1) is 11.4 Å². The summed E-state index contributed by atoms with van der Waals surface area (Å²) < 4.78 is 13.1. The number of rotatable bonds is 5. The van der Waals surface area contributed by atoms with Gasteiger partial charge in [-0.05, 0) is 62.2 Å². The molecule has 2 aromatic carbocycles. The third kappa shape index (κ3) is 3.29. The van der Waals surface area contributed by atoms with E-state index in [-0.39, 0.29) is 11.6 Å². The minimum atomic E-state index is -0.298. The SMILES string of the molecule is CC1CN(C)c2cccc3c2N1C1CCN(CCCC(=O)c2ccc(F)cc2)CC31. The van der Waals surface area contributed by atoms with E-state index in [1.165, 1.54) is 35.5 Å². The Morgan fingerprint density at radius 3 is 2.73 bits per heavy atom. The highest BCUT2D eigenvalue weighted by atomic mass is 19.1. The topological polar surface area (TPSA) is 26.8 Å². The fourth-order valence-electron chi connectivity index (χ4n) is 5.83. The number of para-hydroxylation sites is 1. The van der Waals surface area contributed by atoms with Gasteiger partial charge >= 0.3 is 0 Å². The van der Waals surface area contributed by atoms with Gasteiger partial charge in [0.1, 0.15) is 5.82 Å². The van der Waals surface area contributed by atoms with Gasteiger partial charge in [0.15, 0.2) is 5.78 Å². The lowest BCUT2D eigenvalue weighted by Crippen LogP contribution is -2.53. The number of hydrogen-bond donors (Lipinski definition) is 0. The first-order chi connectivity index (χ1) is 14.5. The standard InChI is InChI=1S/C25H30FN3O/c1-17-15-27(2)23-6-3-5-20-21-16-28(14-12-22(21)29(17)25(20)23)13-4-7-24(30)18-8-10-19(26)11-9-18/h3,5-6,8-11,17,21-22H,4,7,12-16H2,1-2H3. The summed E-state index contributed by atoms with van der Waals surface area (Å²) in [7, 11) is 2.20. The molecule has 0 amide bonds. The average Bonchev–Trinajstić information content (AvgIpc) is 3.07. The number of hydrogen-bond acceptors (Lipinski definition) is 4. The summed E-state index contributed by atoms with van der Waals surface area (Å²) in [5, 5.41) is 0. The molecule has 1 fully saturated rings. The Hall–Kier alpha value is -2.40. The highest BCUT2D eigenvalue weighted by Crippen LogP contribution is 2.51. The predicted molar refractivity (Wildman–Crippen MR) is 119 cm³/mol. The molecule has 3 aliphatic heterocycles. The van der Waals surface area contributed by atoms with E-state index >= 15 is 0 Å². The van der Waals surface area contributed by atoms with Gasteiger partial charge in [0.2, 0.25) is 0 Å². The molecule has 5 rings (SSSR count). The molecule has 1 saturated heterocycles. The summed E-state index contributed by atoms with van der Waals surface area (Å²) in [4.78, 5) is 20.0. The van der Waals surface area contributed by atoms with Crippen LogP contribution in [0.15, 0.2) is 42.5 Å². The van der Waals surface area contributed by atoms with Crippen molar-refractivity contribution < 1.29 is 9.18 Å². The van der Waals surface area contributed by atoms with E-state index in [1.807, 2.05) is 0 Å². The number of halogens is 1. The van der Waals surface area contributed by atoms with Crippen LogP contribution in [-0.2, 0) is 0 Å². The Morgan fingerprint density at radius 2 is 1.93 bits per heavy atom. The molecule has 3 atom stereocenters. The van der Waals surface area contributed by atoms with E-state index < -0.39 is 0 Å². The second-order valence-electron chi connectivity index (χ2n) is 9.15. The average molecular weight is 408 g/mol. The molecule has 3 heterocycles. The van der Waals surface area contributed by atoms with E-state index in [1.54, 1.807) is 12.1 Å². The second-order valence-corrected chi connectivity index (χ2v) is 9.15.